The van der Waals surface area contributed by atoms with Crippen LogP contribution < -0.4 is 5.32 Å². The summed E-state index contributed by atoms with van der Waals surface area (Å²) in [6.07, 6.45) is 5.49. The number of benzene rings is 2. The van der Waals surface area contributed by atoms with E-state index in [2.05, 4.69) is 53.8 Å². The molecule has 0 saturated heterocycles. The average Bonchev–Trinajstić information content (AvgIpc) is 2.75. The molecule has 0 aliphatic heterocycles. The molecule has 0 radical (unpaired) electrons. The van der Waals surface area contributed by atoms with Crippen molar-refractivity contribution in [2.24, 2.45) is 0 Å². The smallest absolute Gasteiger partial charge is 0.136 e. The van der Waals surface area contributed by atoms with E-state index in [4.69, 9.17) is 11.6 Å². The maximum absolute atomic E-state index is 6.40. The van der Waals surface area contributed by atoms with E-state index in [-0.39, 0.29) is 0 Å². The molecule has 0 aliphatic rings. The molecule has 0 spiro atoms. The molecular weight excluding hydrogens is 364 g/mol. The molecule has 0 saturated carbocycles. The first-order chi connectivity index (χ1) is 13.7. The lowest BCUT2D eigenvalue weighted by atomic mass is 9.97. The minimum atomic E-state index is 0.512. The molecule has 0 unspecified atom stereocenters. The molecule has 0 atom stereocenters. The quantitative estimate of drug-likeness (QED) is 0.346. The number of nitrogens with one attached hydrogen (secondary N) is 1. The van der Waals surface area contributed by atoms with Gasteiger partial charge in [-0.15, -0.1) is 0 Å². The summed E-state index contributed by atoms with van der Waals surface area (Å²) in [5.74, 6) is 0.770. The van der Waals surface area contributed by atoms with Crippen LogP contribution in [-0.4, -0.2) is 11.5 Å². The predicted octanol–water partition coefficient (Wildman–Crippen LogP) is 7.60. The molecule has 144 valence electrons. The summed E-state index contributed by atoms with van der Waals surface area (Å²) < 4.78 is 0. The van der Waals surface area contributed by atoms with Crippen molar-refractivity contribution < 1.29 is 0 Å². The third kappa shape index (κ3) is 4.71. The summed E-state index contributed by atoms with van der Waals surface area (Å²) in [4.78, 5) is 4.62. The van der Waals surface area contributed by atoms with Crippen molar-refractivity contribution in [2.75, 3.05) is 11.9 Å². The minimum absolute atomic E-state index is 0.512. The summed E-state index contributed by atoms with van der Waals surface area (Å²) in [5.41, 5.74) is 4.29. The highest BCUT2D eigenvalue weighted by atomic mass is 35.5. The molecule has 0 fully saturated rings. The molecule has 0 aliphatic carbocycles. The van der Waals surface area contributed by atoms with Gasteiger partial charge in [0.1, 0.15) is 11.0 Å². The second-order valence-corrected chi connectivity index (χ2v) is 6.36. The number of hydrogen-bond donors (Lipinski definition) is 1. The monoisotopic (exact) mass is 390 g/mol. The zero-order valence-electron chi connectivity index (χ0n) is 16.8. The third-order valence-electron chi connectivity index (χ3n) is 4.36. The molecule has 2 nitrogen and oxygen atoms in total. The van der Waals surface area contributed by atoms with E-state index in [0.717, 1.165) is 38.9 Å². The first-order valence-electron chi connectivity index (χ1n) is 9.48. The Kier molecular flexibility index (Phi) is 8.03. The Morgan fingerprint density at radius 2 is 1.79 bits per heavy atom. The van der Waals surface area contributed by atoms with Crippen LogP contribution >= 0.6 is 11.6 Å². The first kappa shape index (κ1) is 21.5. The maximum atomic E-state index is 6.40. The minimum Gasteiger partial charge on any atom is -0.365 e. The van der Waals surface area contributed by atoms with Crippen LogP contribution in [-0.2, 0) is 0 Å². The molecule has 28 heavy (non-hydrogen) atoms. The summed E-state index contributed by atoms with van der Waals surface area (Å²) in [7, 11) is 0. The number of anilines is 1. The number of aromatic nitrogens is 1. The fraction of sp³-hybridized carbons (Fsp3) is 0.160. The molecule has 3 heteroatoms. The Bertz CT molecular complexity index is 988. The standard InChI is InChI=1S/C23H21ClN2.C2H6/c1-4-10-17(5-2)15-25-23-21-19(16(3)22(24)26-23)13-9-14-20(21)18-11-7-6-8-12-18;1-2/h4-14H,1-2,15H2,3H3,(H,25,26);1-2H3/b17-10+;. The van der Waals surface area contributed by atoms with Crippen LogP contribution in [0.4, 0.5) is 5.82 Å². The van der Waals surface area contributed by atoms with Gasteiger partial charge in [-0.05, 0) is 34.6 Å². The Hall–Kier alpha value is -2.84. The Balaban J connectivity index is 0.00000136. The van der Waals surface area contributed by atoms with E-state index in [9.17, 15) is 0 Å². The number of rotatable bonds is 6. The van der Waals surface area contributed by atoms with Crippen LogP contribution in [0.15, 0.2) is 85.5 Å². The highest BCUT2D eigenvalue weighted by Crippen LogP contribution is 2.36. The number of fused-ring (bicyclic) bond motifs is 1. The first-order valence-corrected chi connectivity index (χ1v) is 9.85. The lowest BCUT2D eigenvalue weighted by Crippen LogP contribution is -2.07. The van der Waals surface area contributed by atoms with Gasteiger partial charge in [0.2, 0.25) is 0 Å². The largest absolute Gasteiger partial charge is 0.365 e. The lowest BCUT2D eigenvalue weighted by molar-refractivity contribution is 1.20. The van der Waals surface area contributed by atoms with Crippen LogP contribution in [0.5, 0.6) is 0 Å². The van der Waals surface area contributed by atoms with Gasteiger partial charge in [0.05, 0.1) is 0 Å². The van der Waals surface area contributed by atoms with Crippen molar-refractivity contribution in [1.82, 2.24) is 4.98 Å². The second-order valence-electron chi connectivity index (χ2n) is 6.01. The maximum Gasteiger partial charge on any atom is 0.136 e. The zero-order chi connectivity index (χ0) is 20.5. The fourth-order valence-corrected chi connectivity index (χ4v) is 3.18. The van der Waals surface area contributed by atoms with Crippen LogP contribution in [0, 0.1) is 6.92 Å². The molecular formula is C25H27ClN2. The molecule has 2 aromatic carbocycles. The third-order valence-corrected chi connectivity index (χ3v) is 4.73. The Labute approximate surface area is 173 Å². The normalized spacial score (nSPS) is 10.8. The zero-order valence-corrected chi connectivity index (χ0v) is 17.6. The van der Waals surface area contributed by atoms with Crippen molar-refractivity contribution in [3.63, 3.8) is 0 Å². The SMILES string of the molecule is C=C/C=C(\C=C)CNc1nc(Cl)c(C)c2cccc(-c3ccccc3)c12.CC. The molecule has 3 aromatic rings. The van der Waals surface area contributed by atoms with Crippen molar-refractivity contribution >= 4 is 28.2 Å². The van der Waals surface area contributed by atoms with Crippen LogP contribution in [0.25, 0.3) is 21.9 Å². The van der Waals surface area contributed by atoms with E-state index < -0.39 is 0 Å². The fourth-order valence-electron chi connectivity index (χ4n) is 2.99. The van der Waals surface area contributed by atoms with Crippen molar-refractivity contribution in [2.45, 2.75) is 20.8 Å². The van der Waals surface area contributed by atoms with Crippen LogP contribution in [0.1, 0.15) is 19.4 Å². The molecule has 0 bridgehead atoms. The average molecular weight is 391 g/mol. The molecule has 1 aromatic heterocycles. The number of halogens is 1. The Morgan fingerprint density at radius 3 is 2.43 bits per heavy atom. The summed E-state index contributed by atoms with van der Waals surface area (Å²) >= 11 is 6.40. The molecule has 1 N–H and O–H groups in total. The number of allylic oxidation sites excluding steroid dienone is 2. The molecule has 0 amide bonds. The van der Waals surface area contributed by atoms with E-state index in [1.54, 1.807) is 6.08 Å². The highest BCUT2D eigenvalue weighted by Gasteiger charge is 2.14. The summed E-state index contributed by atoms with van der Waals surface area (Å²) in [6.45, 7) is 14.2. The van der Waals surface area contributed by atoms with Crippen molar-refractivity contribution in [3.8, 4) is 11.1 Å². The van der Waals surface area contributed by atoms with Gasteiger partial charge in [0.15, 0.2) is 0 Å². The van der Waals surface area contributed by atoms with Crippen LogP contribution in [0.3, 0.4) is 0 Å². The van der Waals surface area contributed by atoms with Gasteiger partial charge in [-0.3, -0.25) is 0 Å². The highest BCUT2D eigenvalue weighted by molar-refractivity contribution is 6.31. The predicted molar refractivity (Wildman–Crippen MR) is 125 cm³/mol. The lowest BCUT2D eigenvalue weighted by Gasteiger charge is -2.16. The van der Waals surface area contributed by atoms with Crippen molar-refractivity contribution in [3.05, 3.63) is 96.2 Å². The van der Waals surface area contributed by atoms with Gasteiger partial charge in [-0.25, -0.2) is 4.98 Å². The second kappa shape index (κ2) is 10.5. The number of aryl methyl sites for hydroxylation is 1. The van der Waals surface area contributed by atoms with E-state index in [0.29, 0.717) is 11.7 Å². The number of nitrogens with zero attached hydrogens (tertiary/aromatic N) is 1. The van der Waals surface area contributed by atoms with Gasteiger partial charge in [-0.2, -0.15) is 0 Å². The van der Waals surface area contributed by atoms with Gasteiger partial charge >= 0.3 is 0 Å². The van der Waals surface area contributed by atoms with E-state index in [1.807, 2.05) is 51.1 Å². The van der Waals surface area contributed by atoms with Gasteiger partial charge in [0.25, 0.3) is 0 Å². The van der Waals surface area contributed by atoms with E-state index >= 15 is 0 Å². The van der Waals surface area contributed by atoms with Gasteiger partial charge < -0.3 is 5.32 Å². The number of pyridine rings is 1. The molecule has 1 heterocycles. The van der Waals surface area contributed by atoms with Crippen LogP contribution in [0.2, 0.25) is 5.15 Å². The Morgan fingerprint density at radius 1 is 1.07 bits per heavy atom. The summed E-state index contributed by atoms with van der Waals surface area (Å²) in [5, 5.41) is 6.10. The van der Waals surface area contributed by atoms with Crippen molar-refractivity contribution in [1.29, 1.82) is 0 Å². The molecule has 3 rings (SSSR count). The summed E-state index contributed by atoms with van der Waals surface area (Å²) in [6, 6.07) is 16.6. The van der Waals surface area contributed by atoms with E-state index in [1.165, 1.54) is 0 Å². The number of hydrogen-bond acceptors (Lipinski definition) is 2. The van der Waals surface area contributed by atoms with Gasteiger partial charge in [-0.1, -0.05) is 105 Å². The van der Waals surface area contributed by atoms with Gasteiger partial charge in [0, 0.05) is 11.9 Å². The topological polar surface area (TPSA) is 24.9 Å².